The summed E-state index contributed by atoms with van der Waals surface area (Å²) in [5.41, 5.74) is 6.70. The topological polar surface area (TPSA) is 106 Å². The quantitative estimate of drug-likeness (QED) is 0.0851. The van der Waals surface area contributed by atoms with E-state index in [0.717, 1.165) is 51.1 Å². The monoisotopic (exact) mass is 702 g/mol. The standard InChI is InChI=1S/C42H42N2O6S/c1-48-40(46)38(24-29-9-4-2-5-10-29)44-42(47)43-26-31-11-8-12-35(23-31)32-19-21-34(22-20-32)41-49-36(28-51-37-13-6-3-7-14-37)25-39(50-41)33-17-15-30(27-45)16-18-33/h2-23,36,38-39,41,45H,24-28H2,1H3,(H2,43,44,47)/t36-,38-,39+,41+/m0/s1. The molecule has 3 N–H and O–H groups in total. The SMILES string of the molecule is COC(=O)[C@H](Cc1ccccc1)NC(=O)NCc1cccc(-c2ccc([C@@H]3O[C@H](CSc4ccccc4)C[C@H](c4ccc(CO)cc4)O3)cc2)c1. The van der Waals surface area contributed by atoms with Gasteiger partial charge in [0.15, 0.2) is 6.29 Å². The minimum Gasteiger partial charge on any atom is -0.467 e. The van der Waals surface area contributed by atoms with Crippen molar-refractivity contribution in [3.05, 3.63) is 161 Å². The predicted molar refractivity (Wildman–Crippen MR) is 199 cm³/mol. The number of rotatable bonds is 13. The molecule has 0 radical (unpaired) electrons. The zero-order valence-electron chi connectivity index (χ0n) is 28.4. The first-order valence-electron chi connectivity index (χ1n) is 17.0. The Hall–Kier alpha value is -4.93. The highest BCUT2D eigenvalue weighted by atomic mass is 32.2. The Morgan fingerprint density at radius 1 is 0.784 bits per heavy atom. The number of thioether (sulfide) groups is 1. The molecule has 2 amide bonds. The van der Waals surface area contributed by atoms with Crippen molar-refractivity contribution in [2.75, 3.05) is 12.9 Å². The lowest BCUT2D eigenvalue weighted by Crippen LogP contribution is -2.47. The van der Waals surface area contributed by atoms with Gasteiger partial charge in [0.05, 0.1) is 25.9 Å². The van der Waals surface area contributed by atoms with Crippen LogP contribution in [0.5, 0.6) is 0 Å². The minimum absolute atomic E-state index is 0.00163. The third kappa shape index (κ3) is 10.1. The number of methoxy groups -OCH3 is 1. The maximum atomic E-state index is 12.8. The molecule has 0 bridgehead atoms. The smallest absolute Gasteiger partial charge is 0.328 e. The van der Waals surface area contributed by atoms with Gasteiger partial charge in [0.2, 0.25) is 0 Å². The number of aliphatic hydroxyl groups is 1. The molecule has 1 fully saturated rings. The lowest BCUT2D eigenvalue weighted by Gasteiger charge is -2.36. The van der Waals surface area contributed by atoms with Crippen LogP contribution < -0.4 is 10.6 Å². The van der Waals surface area contributed by atoms with E-state index in [2.05, 4.69) is 34.9 Å². The molecule has 1 saturated heterocycles. The van der Waals surface area contributed by atoms with Crippen molar-refractivity contribution in [3.8, 4) is 11.1 Å². The number of ether oxygens (including phenoxy) is 3. The maximum absolute atomic E-state index is 12.8. The van der Waals surface area contributed by atoms with E-state index in [0.29, 0.717) is 6.42 Å². The summed E-state index contributed by atoms with van der Waals surface area (Å²) < 4.78 is 18.0. The van der Waals surface area contributed by atoms with Crippen LogP contribution in [0.3, 0.4) is 0 Å². The molecular formula is C42H42N2O6S. The fraction of sp³-hybridized carbons (Fsp3) is 0.238. The Labute approximate surface area is 303 Å². The number of hydrogen-bond donors (Lipinski definition) is 3. The van der Waals surface area contributed by atoms with Crippen LogP contribution in [0.15, 0.2) is 138 Å². The summed E-state index contributed by atoms with van der Waals surface area (Å²) in [6.07, 6.45) is 0.331. The average molecular weight is 703 g/mol. The van der Waals surface area contributed by atoms with E-state index in [1.165, 1.54) is 12.0 Å². The summed E-state index contributed by atoms with van der Waals surface area (Å²) in [5, 5.41) is 15.1. The summed E-state index contributed by atoms with van der Waals surface area (Å²) in [7, 11) is 1.31. The van der Waals surface area contributed by atoms with Gasteiger partial charge in [0.25, 0.3) is 0 Å². The van der Waals surface area contributed by atoms with Crippen LogP contribution in [-0.4, -0.2) is 42.1 Å². The molecule has 0 unspecified atom stereocenters. The van der Waals surface area contributed by atoms with Crippen molar-refractivity contribution in [2.45, 2.75) is 55.4 Å². The van der Waals surface area contributed by atoms with Gasteiger partial charge in [-0.1, -0.05) is 115 Å². The second-order valence-electron chi connectivity index (χ2n) is 12.4. The van der Waals surface area contributed by atoms with E-state index in [-0.39, 0.29) is 25.4 Å². The van der Waals surface area contributed by atoms with Crippen molar-refractivity contribution < 1.29 is 28.9 Å². The summed E-state index contributed by atoms with van der Waals surface area (Å²) in [6.45, 7) is 0.283. The molecule has 6 rings (SSSR count). The molecule has 0 aliphatic carbocycles. The number of benzene rings is 5. The molecule has 5 aromatic rings. The zero-order valence-corrected chi connectivity index (χ0v) is 29.3. The minimum atomic E-state index is -0.806. The molecule has 4 atom stereocenters. The Morgan fingerprint density at radius 3 is 2.18 bits per heavy atom. The zero-order chi connectivity index (χ0) is 35.4. The molecule has 9 heteroatoms. The molecule has 51 heavy (non-hydrogen) atoms. The largest absolute Gasteiger partial charge is 0.467 e. The van der Waals surface area contributed by atoms with E-state index in [4.69, 9.17) is 14.2 Å². The highest BCUT2D eigenvalue weighted by molar-refractivity contribution is 7.99. The number of nitrogens with one attached hydrogen (secondary N) is 2. The summed E-state index contributed by atoms with van der Waals surface area (Å²) >= 11 is 1.77. The lowest BCUT2D eigenvalue weighted by molar-refractivity contribution is -0.245. The van der Waals surface area contributed by atoms with Gasteiger partial charge in [-0.2, -0.15) is 0 Å². The molecule has 1 aliphatic rings. The summed E-state index contributed by atoms with van der Waals surface area (Å²) in [5.74, 6) is 0.292. The molecule has 0 aromatic heterocycles. The number of esters is 1. The first kappa shape index (κ1) is 35.9. The van der Waals surface area contributed by atoms with Gasteiger partial charge in [0.1, 0.15) is 6.04 Å². The molecule has 0 saturated carbocycles. The molecule has 5 aromatic carbocycles. The first-order chi connectivity index (χ1) is 25.0. The number of carbonyl (C=O) groups is 2. The fourth-order valence-corrected chi connectivity index (χ4v) is 6.94. The Balaban J connectivity index is 1.10. The van der Waals surface area contributed by atoms with Crippen LogP contribution >= 0.6 is 11.8 Å². The molecule has 1 aliphatic heterocycles. The third-order valence-corrected chi connectivity index (χ3v) is 9.91. The van der Waals surface area contributed by atoms with E-state index >= 15 is 0 Å². The molecule has 0 spiro atoms. The Kier molecular flexibility index (Phi) is 12.5. The van der Waals surface area contributed by atoms with Gasteiger partial charge >= 0.3 is 12.0 Å². The number of amides is 2. The van der Waals surface area contributed by atoms with E-state index in [1.54, 1.807) is 11.8 Å². The highest BCUT2D eigenvalue weighted by Crippen LogP contribution is 2.40. The van der Waals surface area contributed by atoms with Crippen molar-refractivity contribution in [3.63, 3.8) is 0 Å². The van der Waals surface area contributed by atoms with Gasteiger partial charge in [-0.05, 0) is 51.6 Å². The van der Waals surface area contributed by atoms with Crippen molar-refractivity contribution in [1.29, 1.82) is 0 Å². The van der Waals surface area contributed by atoms with Gasteiger partial charge < -0.3 is 30.0 Å². The molecule has 1 heterocycles. The number of hydrogen-bond acceptors (Lipinski definition) is 7. The van der Waals surface area contributed by atoms with E-state index in [1.807, 2.05) is 109 Å². The second kappa shape index (κ2) is 17.8. The average Bonchev–Trinajstić information content (AvgIpc) is 3.19. The van der Waals surface area contributed by atoms with Crippen LogP contribution in [0.1, 0.15) is 46.6 Å². The van der Waals surface area contributed by atoms with Crippen molar-refractivity contribution >= 4 is 23.8 Å². The van der Waals surface area contributed by atoms with Gasteiger partial charge in [-0.15, -0.1) is 11.8 Å². The third-order valence-electron chi connectivity index (χ3n) is 8.76. The van der Waals surface area contributed by atoms with Crippen LogP contribution in [0, 0.1) is 0 Å². The van der Waals surface area contributed by atoms with E-state index in [9.17, 15) is 14.7 Å². The normalized spacial score (nSPS) is 17.6. The molecular weight excluding hydrogens is 661 g/mol. The number of aliphatic hydroxyl groups excluding tert-OH is 1. The number of urea groups is 1. The molecule has 8 nitrogen and oxygen atoms in total. The van der Waals surface area contributed by atoms with Crippen molar-refractivity contribution in [2.24, 2.45) is 0 Å². The lowest BCUT2D eigenvalue weighted by atomic mass is 9.99. The summed E-state index contributed by atoms with van der Waals surface area (Å²) in [4.78, 5) is 26.4. The first-order valence-corrected chi connectivity index (χ1v) is 18.0. The van der Waals surface area contributed by atoms with Crippen molar-refractivity contribution in [1.82, 2.24) is 10.6 Å². The maximum Gasteiger partial charge on any atom is 0.328 e. The summed E-state index contributed by atoms with van der Waals surface area (Å²) in [6, 6.07) is 42.6. The fourth-order valence-electron chi connectivity index (χ4n) is 6.00. The Morgan fingerprint density at radius 2 is 1.47 bits per heavy atom. The Bertz CT molecular complexity index is 1850. The predicted octanol–water partition coefficient (Wildman–Crippen LogP) is 7.77. The highest BCUT2D eigenvalue weighted by Gasteiger charge is 2.32. The van der Waals surface area contributed by atoms with Crippen LogP contribution in [0.25, 0.3) is 11.1 Å². The van der Waals surface area contributed by atoms with Gasteiger partial charge in [-0.3, -0.25) is 0 Å². The van der Waals surface area contributed by atoms with Crippen LogP contribution in [-0.2, 0) is 38.6 Å². The van der Waals surface area contributed by atoms with Crippen LogP contribution in [0.2, 0.25) is 0 Å². The number of carbonyl (C=O) groups excluding carboxylic acids is 2. The van der Waals surface area contributed by atoms with E-state index < -0.39 is 24.3 Å². The van der Waals surface area contributed by atoms with Gasteiger partial charge in [-0.25, -0.2) is 9.59 Å². The molecule has 262 valence electrons. The van der Waals surface area contributed by atoms with Gasteiger partial charge in [0, 0.05) is 35.6 Å². The van der Waals surface area contributed by atoms with Crippen LogP contribution in [0.4, 0.5) is 4.79 Å². The second-order valence-corrected chi connectivity index (χ2v) is 13.5.